The van der Waals surface area contributed by atoms with Gasteiger partial charge in [-0.05, 0) is 13.5 Å². The molecule has 0 spiro atoms. The normalized spacial score (nSPS) is 11.1. The van der Waals surface area contributed by atoms with Crippen LogP contribution < -0.4 is 5.73 Å². The van der Waals surface area contributed by atoms with Crippen LogP contribution in [0.5, 0.6) is 0 Å². The van der Waals surface area contributed by atoms with Gasteiger partial charge >= 0.3 is 0 Å². The van der Waals surface area contributed by atoms with Gasteiger partial charge in [-0.2, -0.15) is 5.10 Å². The number of aromatic nitrogens is 2. The van der Waals surface area contributed by atoms with Crippen LogP contribution in [0.1, 0.15) is 24.6 Å². The predicted octanol–water partition coefficient (Wildman–Crippen LogP) is 0.753. The minimum absolute atomic E-state index is 0.706. The summed E-state index contributed by atoms with van der Waals surface area (Å²) >= 11 is 0. The third-order valence-electron chi connectivity index (χ3n) is 2.25. The molecule has 3 N–H and O–H groups in total. The number of nitrogens with zero attached hydrogens (tertiary/aromatic N) is 2. The van der Waals surface area contributed by atoms with Crippen molar-refractivity contribution in [1.82, 2.24) is 15.1 Å². The highest BCUT2D eigenvalue weighted by Crippen LogP contribution is 2.09. The Bertz CT molecular complexity index is 256. The van der Waals surface area contributed by atoms with E-state index < -0.39 is 0 Å². The first-order chi connectivity index (χ1) is 6.77. The van der Waals surface area contributed by atoms with Crippen molar-refractivity contribution in [2.24, 2.45) is 5.73 Å². The summed E-state index contributed by atoms with van der Waals surface area (Å²) in [5, 5.41) is 7.16. The fourth-order valence-electron chi connectivity index (χ4n) is 1.52. The van der Waals surface area contributed by atoms with Gasteiger partial charge in [-0.25, -0.2) is 0 Å². The Morgan fingerprint density at radius 1 is 1.57 bits per heavy atom. The van der Waals surface area contributed by atoms with E-state index in [2.05, 4.69) is 29.1 Å². The second kappa shape index (κ2) is 5.78. The van der Waals surface area contributed by atoms with Gasteiger partial charge in [-0.1, -0.05) is 13.3 Å². The van der Waals surface area contributed by atoms with Gasteiger partial charge in [0.15, 0.2) is 0 Å². The molecule has 0 aliphatic rings. The molecule has 0 saturated carbocycles. The van der Waals surface area contributed by atoms with E-state index in [4.69, 9.17) is 5.73 Å². The van der Waals surface area contributed by atoms with Gasteiger partial charge in [0.2, 0.25) is 0 Å². The summed E-state index contributed by atoms with van der Waals surface area (Å²) in [5.41, 5.74) is 7.98. The average molecular weight is 196 g/mol. The fraction of sp³-hybridized carbons (Fsp3) is 0.700. The number of rotatable bonds is 6. The maximum atomic E-state index is 5.49. The van der Waals surface area contributed by atoms with E-state index in [1.54, 1.807) is 0 Å². The van der Waals surface area contributed by atoms with Crippen LogP contribution in [0.25, 0.3) is 0 Å². The van der Waals surface area contributed by atoms with Gasteiger partial charge < -0.3 is 10.6 Å². The predicted molar refractivity (Wildman–Crippen MR) is 58.0 cm³/mol. The topological polar surface area (TPSA) is 57.9 Å². The molecule has 1 heterocycles. The molecule has 0 amide bonds. The molecule has 0 bridgehead atoms. The lowest BCUT2D eigenvalue weighted by Gasteiger charge is -2.14. The van der Waals surface area contributed by atoms with E-state index in [0.717, 1.165) is 25.9 Å². The maximum absolute atomic E-state index is 5.49. The van der Waals surface area contributed by atoms with Crippen molar-refractivity contribution in [3.8, 4) is 0 Å². The molecule has 0 aliphatic carbocycles. The largest absolute Gasteiger partial charge is 0.329 e. The van der Waals surface area contributed by atoms with E-state index in [1.165, 1.54) is 11.3 Å². The summed E-state index contributed by atoms with van der Waals surface area (Å²) in [6.07, 6.45) is 4.17. The number of aryl methyl sites for hydroxylation is 1. The zero-order chi connectivity index (χ0) is 10.4. The number of nitrogens with one attached hydrogen (secondary N) is 1. The Morgan fingerprint density at radius 2 is 2.36 bits per heavy atom. The summed E-state index contributed by atoms with van der Waals surface area (Å²) in [6, 6.07) is 0. The van der Waals surface area contributed by atoms with Crippen molar-refractivity contribution in [2.75, 3.05) is 20.1 Å². The number of hydrogen-bond acceptors (Lipinski definition) is 3. The molecule has 0 radical (unpaired) electrons. The lowest BCUT2D eigenvalue weighted by molar-refractivity contribution is 0.335. The molecule has 1 rings (SSSR count). The van der Waals surface area contributed by atoms with Crippen molar-refractivity contribution in [3.05, 3.63) is 17.5 Å². The lowest BCUT2D eigenvalue weighted by atomic mass is 10.1. The van der Waals surface area contributed by atoms with E-state index in [0.29, 0.717) is 6.54 Å². The molecule has 0 atom stereocenters. The van der Waals surface area contributed by atoms with E-state index in [1.807, 2.05) is 6.20 Å². The second-order valence-corrected chi connectivity index (χ2v) is 3.63. The molecule has 0 aliphatic heterocycles. The number of aromatic amines is 1. The Morgan fingerprint density at radius 3 is 3.00 bits per heavy atom. The minimum atomic E-state index is 0.706. The van der Waals surface area contributed by atoms with Crippen molar-refractivity contribution < 1.29 is 0 Å². The van der Waals surface area contributed by atoms with Crippen LogP contribution in [0.4, 0.5) is 0 Å². The van der Waals surface area contributed by atoms with E-state index in [-0.39, 0.29) is 0 Å². The summed E-state index contributed by atoms with van der Waals surface area (Å²) < 4.78 is 0. The van der Waals surface area contributed by atoms with Crippen LogP contribution in [0.3, 0.4) is 0 Å². The molecule has 4 nitrogen and oxygen atoms in total. The van der Waals surface area contributed by atoms with E-state index in [9.17, 15) is 0 Å². The second-order valence-electron chi connectivity index (χ2n) is 3.63. The van der Waals surface area contributed by atoms with Crippen LogP contribution in [-0.4, -0.2) is 35.2 Å². The van der Waals surface area contributed by atoms with Gasteiger partial charge in [0, 0.05) is 31.4 Å². The van der Waals surface area contributed by atoms with Crippen LogP contribution >= 0.6 is 0 Å². The van der Waals surface area contributed by atoms with Crippen molar-refractivity contribution in [1.29, 1.82) is 0 Å². The van der Waals surface area contributed by atoms with Gasteiger partial charge in [0.25, 0.3) is 0 Å². The van der Waals surface area contributed by atoms with Gasteiger partial charge in [0.05, 0.1) is 5.69 Å². The first-order valence-electron chi connectivity index (χ1n) is 5.18. The van der Waals surface area contributed by atoms with Gasteiger partial charge in [-0.15, -0.1) is 0 Å². The highest BCUT2D eigenvalue weighted by Gasteiger charge is 2.06. The molecule has 1 aromatic heterocycles. The third kappa shape index (κ3) is 3.12. The smallest absolute Gasteiger partial charge is 0.0667 e. The summed E-state index contributed by atoms with van der Waals surface area (Å²) in [4.78, 5) is 2.21. The SMILES string of the molecule is CCCc1n[nH]cc1CN(C)CCN. The minimum Gasteiger partial charge on any atom is -0.329 e. The molecular formula is C10H20N4. The standard InChI is InChI=1S/C10H20N4/c1-3-4-10-9(7-12-13-10)8-14(2)6-5-11/h7H,3-6,8,11H2,1-2H3,(H,12,13). The number of likely N-dealkylation sites (N-methyl/N-ethyl adjacent to an activating group) is 1. The van der Waals surface area contributed by atoms with Crippen molar-refractivity contribution in [2.45, 2.75) is 26.3 Å². The molecule has 0 saturated heterocycles. The molecular weight excluding hydrogens is 176 g/mol. The Labute approximate surface area is 85.5 Å². The first kappa shape index (κ1) is 11.2. The van der Waals surface area contributed by atoms with Crippen LogP contribution in [-0.2, 0) is 13.0 Å². The van der Waals surface area contributed by atoms with Gasteiger partial charge in [0.1, 0.15) is 0 Å². The number of H-pyrrole nitrogens is 1. The highest BCUT2D eigenvalue weighted by molar-refractivity contribution is 5.16. The van der Waals surface area contributed by atoms with Crippen LogP contribution in [0.2, 0.25) is 0 Å². The maximum Gasteiger partial charge on any atom is 0.0667 e. The lowest BCUT2D eigenvalue weighted by Crippen LogP contribution is -2.25. The quantitative estimate of drug-likeness (QED) is 0.706. The van der Waals surface area contributed by atoms with Crippen LogP contribution in [0.15, 0.2) is 6.20 Å². The monoisotopic (exact) mass is 196 g/mol. The first-order valence-corrected chi connectivity index (χ1v) is 5.18. The summed E-state index contributed by atoms with van der Waals surface area (Å²) in [7, 11) is 2.08. The molecule has 0 fully saturated rings. The molecule has 1 aromatic rings. The molecule has 0 unspecified atom stereocenters. The highest BCUT2D eigenvalue weighted by atomic mass is 15.1. The van der Waals surface area contributed by atoms with Crippen LogP contribution in [0, 0.1) is 0 Å². The summed E-state index contributed by atoms with van der Waals surface area (Å²) in [5.74, 6) is 0. The van der Waals surface area contributed by atoms with Crippen molar-refractivity contribution in [3.63, 3.8) is 0 Å². The molecule has 0 aromatic carbocycles. The summed E-state index contributed by atoms with van der Waals surface area (Å²) in [6.45, 7) is 4.74. The Kier molecular flexibility index (Phi) is 4.62. The fourth-order valence-corrected chi connectivity index (χ4v) is 1.52. The third-order valence-corrected chi connectivity index (χ3v) is 2.25. The van der Waals surface area contributed by atoms with Crippen molar-refractivity contribution >= 4 is 0 Å². The molecule has 14 heavy (non-hydrogen) atoms. The van der Waals surface area contributed by atoms with Gasteiger partial charge in [-0.3, -0.25) is 5.10 Å². The number of nitrogens with two attached hydrogens (primary N) is 1. The zero-order valence-corrected chi connectivity index (χ0v) is 9.08. The Hall–Kier alpha value is -0.870. The molecule has 80 valence electrons. The Balaban J connectivity index is 2.52. The van der Waals surface area contributed by atoms with E-state index >= 15 is 0 Å². The number of hydrogen-bond donors (Lipinski definition) is 2. The molecule has 4 heteroatoms. The average Bonchev–Trinajstić information content (AvgIpc) is 2.54. The zero-order valence-electron chi connectivity index (χ0n) is 9.08.